The van der Waals surface area contributed by atoms with E-state index in [9.17, 15) is 8.42 Å². The Kier molecular flexibility index (Phi) is 6.50. The number of hydrogen-bond acceptors (Lipinski definition) is 7. The van der Waals surface area contributed by atoms with Crippen LogP contribution in [0.3, 0.4) is 0 Å². The third-order valence-corrected chi connectivity index (χ3v) is 5.97. The highest BCUT2D eigenvalue weighted by molar-refractivity contribution is 7.89. The normalized spacial score (nSPS) is 11.8. The van der Waals surface area contributed by atoms with Gasteiger partial charge in [0.2, 0.25) is 15.8 Å². The highest BCUT2D eigenvalue weighted by Gasteiger charge is 2.26. The highest BCUT2D eigenvalue weighted by atomic mass is 32.2. The zero-order chi connectivity index (χ0) is 20.0. The Morgan fingerprint density at radius 2 is 1.89 bits per heavy atom. The summed E-state index contributed by atoms with van der Waals surface area (Å²) in [5.74, 6) is 1.56. The Labute approximate surface area is 163 Å². The molecule has 0 bridgehead atoms. The molecular weight excluding hydrogens is 384 g/mol. The molecule has 0 saturated carbocycles. The van der Waals surface area contributed by atoms with E-state index in [1.54, 1.807) is 37.4 Å². The molecule has 8 nitrogen and oxygen atoms in total. The molecule has 0 saturated heterocycles. The first-order valence-corrected chi connectivity index (χ1v) is 10.1. The van der Waals surface area contributed by atoms with Gasteiger partial charge in [-0.2, -0.15) is 4.31 Å². The van der Waals surface area contributed by atoms with Crippen molar-refractivity contribution >= 4 is 10.0 Å². The lowest BCUT2D eigenvalue weighted by molar-refractivity contribution is 0.186. The van der Waals surface area contributed by atoms with Crippen molar-refractivity contribution in [3.05, 3.63) is 54.4 Å². The lowest BCUT2D eigenvalue weighted by Gasteiger charge is -2.21. The van der Waals surface area contributed by atoms with Crippen LogP contribution in [0.5, 0.6) is 5.75 Å². The van der Waals surface area contributed by atoms with Gasteiger partial charge in [0.1, 0.15) is 5.75 Å². The fraction of sp³-hybridized carbons (Fsp3) is 0.316. The van der Waals surface area contributed by atoms with E-state index >= 15 is 0 Å². The van der Waals surface area contributed by atoms with E-state index in [1.807, 2.05) is 0 Å². The standard InChI is InChI=1S/C19H22N2O6S/c1-24-11-4-10-21(28(22,23)17-8-6-16(25-2)7-9-17)14-15-13-19(27-20-15)18-5-3-12-26-18/h3,5-9,12-13H,4,10-11,14H2,1-2H3. The second-order valence-electron chi connectivity index (χ2n) is 6.02. The summed E-state index contributed by atoms with van der Waals surface area (Å²) in [6, 6.07) is 11.4. The van der Waals surface area contributed by atoms with Crippen molar-refractivity contribution in [2.24, 2.45) is 0 Å². The largest absolute Gasteiger partial charge is 0.497 e. The fourth-order valence-electron chi connectivity index (χ4n) is 2.67. The zero-order valence-electron chi connectivity index (χ0n) is 15.7. The molecule has 0 aliphatic rings. The zero-order valence-corrected chi connectivity index (χ0v) is 16.5. The first kappa shape index (κ1) is 20.1. The minimum Gasteiger partial charge on any atom is -0.497 e. The number of benzene rings is 1. The summed E-state index contributed by atoms with van der Waals surface area (Å²) >= 11 is 0. The molecule has 1 aromatic carbocycles. The topological polar surface area (TPSA) is 95.0 Å². The third-order valence-electron chi connectivity index (χ3n) is 4.11. The maximum atomic E-state index is 13.1. The molecule has 0 N–H and O–H groups in total. The Morgan fingerprint density at radius 1 is 1.11 bits per heavy atom. The summed E-state index contributed by atoms with van der Waals surface area (Å²) in [6.45, 7) is 0.804. The molecule has 2 aromatic heterocycles. The van der Waals surface area contributed by atoms with Gasteiger partial charge < -0.3 is 18.4 Å². The van der Waals surface area contributed by atoms with Crippen LogP contribution in [0.4, 0.5) is 0 Å². The van der Waals surface area contributed by atoms with Crippen LogP contribution in [0.15, 0.2) is 62.6 Å². The minimum absolute atomic E-state index is 0.0717. The van der Waals surface area contributed by atoms with Crippen LogP contribution in [0.25, 0.3) is 11.5 Å². The number of sulfonamides is 1. The van der Waals surface area contributed by atoms with Crippen LogP contribution in [0.2, 0.25) is 0 Å². The second kappa shape index (κ2) is 9.05. The number of aromatic nitrogens is 1. The molecular formula is C19H22N2O6S. The fourth-order valence-corrected chi connectivity index (χ4v) is 4.12. The molecule has 0 amide bonds. The predicted molar refractivity (Wildman–Crippen MR) is 101 cm³/mol. The molecule has 2 heterocycles. The summed E-state index contributed by atoms with van der Waals surface area (Å²) in [5, 5.41) is 3.98. The molecule has 0 aliphatic heterocycles. The number of methoxy groups -OCH3 is 2. The van der Waals surface area contributed by atoms with Crippen molar-refractivity contribution in [3.63, 3.8) is 0 Å². The van der Waals surface area contributed by atoms with Gasteiger partial charge >= 0.3 is 0 Å². The molecule has 0 spiro atoms. The molecule has 28 heavy (non-hydrogen) atoms. The van der Waals surface area contributed by atoms with E-state index < -0.39 is 10.0 Å². The Balaban J connectivity index is 1.83. The Bertz CT molecular complexity index is 964. The van der Waals surface area contributed by atoms with Gasteiger partial charge in [0.05, 0.1) is 30.5 Å². The van der Waals surface area contributed by atoms with Crippen LogP contribution < -0.4 is 4.74 Å². The molecule has 0 unspecified atom stereocenters. The first-order valence-electron chi connectivity index (χ1n) is 8.67. The van der Waals surface area contributed by atoms with Gasteiger partial charge in [0.15, 0.2) is 5.76 Å². The maximum Gasteiger partial charge on any atom is 0.243 e. The molecule has 0 aliphatic carbocycles. The van der Waals surface area contributed by atoms with Crippen molar-refractivity contribution in [2.45, 2.75) is 17.9 Å². The highest BCUT2D eigenvalue weighted by Crippen LogP contribution is 2.24. The van der Waals surface area contributed by atoms with Crippen LogP contribution in [0, 0.1) is 0 Å². The average molecular weight is 406 g/mol. The monoisotopic (exact) mass is 406 g/mol. The third kappa shape index (κ3) is 4.61. The molecule has 3 aromatic rings. The van der Waals surface area contributed by atoms with Crippen molar-refractivity contribution in [1.82, 2.24) is 9.46 Å². The van der Waals surface area contributed by atoms with Crippen molar-refractivity contribution in [1.29, 1.82) is 0 Å². The summed E-state index contributed by atoms with van der Waals surface area (Å²) in [5.41, 5.74) is 0.487. The number of rotatable bonds is 10. The van der Waals surface area contributed by atoms with E-state index in [-0.39, 0.29) is 18.0 Å². The smallest absolute Gasteiger partial charge is 0.243 e. The Morgan fingerprint density at radius 3 is 2.54 bits per heavy atom. The van der Waals surface area contributed by atoms with Gasteiger partial charge in [-0.3, -0.25) is 0 Å². The second-order valence-corrected chi connectivity index (χ2v) is 7.96. The van der Waals surface area contributed by atoms with Crippen molar-refractivity contribution < 1.29 is 26.8 Å². The van der Waals surface area contributed by atoms with E-state index in [2.05, 4.69) is 5.16 Å². The van der Waals surface area contributed by atoms with Crippen molar-refractivity contribution in [3.8, 4) is 17.3 Å². The van der Waals surface area contributed by atoms with E-state index in [4.69, 9.17) is 18.4 Å². The molecule has 0 fully saturated rings. The van der Waals surface area contributed by atoms with Gasteiger partial charge in [-0.15, -0.1) is 0 Å². The number of furan rings is 1. The lowest BCUT2D eigenvalue weighted by Crippen LogP contribution is -2.32. The number of hydrogen-bond donors (Lipinski definition) is 0. The van der Waals surface area contributed by atoms with Gasteiger partial charge in [-0.05, 0) is 42.8 Å². The van der Waals surface area contributed by atoms with Crippen molar-refractivity contribution in [2.75, 3.05) is 27.4 Å². The van der Waals surface area contributed by atoms with E-state index in [1.165, 1.54) is 29.8 Å². The summed E-state index contributed by atoms with van der Waals surface area (Å²) in [4.78, 5) is 0.181. The van der Waals surface area contributed by atoms with Crippen LogP contribution in [-0.2, 0) is 21.3 Å². The van der Waals surface area contributed by atoms with E-state index in [0.717, 1.165) is 0 Å². The van der Waals surface area contributed by atoms with Gasteiger partial charge in [-0.1, -0.05) is 5.16 Å². The summed E-state index contributed by atoms with van der Waals surface area (Å²) in [7, 11) is -0.624. The van der Waals surface area contributed by atoms with Gasteiger partial charge in [-0.25, -0.2) is 8.42 Å². The van der Waals surface area contributed by atoms with Crippen LogP contribution in [0.1, 0.15) is 12.1 Å². The minimum atomic E-state index is -3.73. The molecule has 9 heteroatoms. The van der Waals surface area contributed by atoms with Gasteiger partial charge in [0.25, 0.3) is 0 Å². The molecule has 0 atom stereocenters. The Hall–Kier alpha value is -2.62. The van der Waals surface area contributed by atoms with E-state index in [0.29, 0.717) is 36.0 Å². The average Bonchev–Trinajstić information content (AvgIpc) is 3.39. The van der Waals surface area contributed by atoms with Crippen LogP contribution >= 0.6 is 0 Å². The molecule has 3 rings (SSSR count). The number of nitrogens with zero attached hydrogens (tertiary/aromatic N) is 2. The SMILES string of the molecule is COCCCN(Cc1cc(-c2ccco2)on1)S(=O)(=O)c1ccc(OC)cc1. The lowest BCUT2D eigenvalue weighted by atomic mass is 10.3. The number of ether oxygens (including phenoxy) is 2. The van der Waals surface area contributed by atoms with Gasteiger partial charge in [0, 0.05) is 26.3 Å². The summed E-state index contributed by atoms with van der Waals surface area (Å²) < 4.78 is 48.3. The molecule has 0 radical (unpaired) electrons. The predicted octanol–water partition coefficient (Wildman–Crippen LogP) is 3.17. The van der Waals surface area contributed by atoms with Crippen LogP contribution in [-0.4, -0.2) is 45.3 Å². The maximum absolute atomic E-state index is 13.1. The summed E-state index contributed by atoms with van der Waals surface area (Å²) in [6.07, 6.45) is 2.08. The molecule has 150 valence electrons. The first-order chi connectivity index (χ1) is 13.5. The quantitative estimate of drug-likeness (QED) is 0.477.